The van der Waals surface area contributed by atoms with Crippen molar-refractivity contribution in [2.45, 2.75) is 286 Å². The molecule has 2 fully saturated rings. The number of carbonyl (C=O) groups is 1. The van der Waals surface area contributed by atoms with Crippen molar-refractivity contribution >= 4 is 5.91 Å². The first kappa shape index (κ1) is 79.0. The fourth-order valence-corrected chi connectivity index (χ4v) is 9.89. The normalized spacial score (nSPS) is 24.3. The van der Waals surface area contributed by atoms with E-state index in [2.05, 4.69) is 153 Å². The quantitative estimate of drug-likeness (QED) is 0.0204. The van der Waals surface area contributed by atoms with Crippen LogP contribution in [0.15, 0.2) is 146 Å². The van der Waals surface area contributed by atoms with Gasteiger partial charge in [-0.15, -0.1) is 0 Å². The van der Waals surface area contributed by atoms with E-state index in [0.29, 0.717) is 12.8 Å². The number of unbranched alkanes of at least 4 members (excludes halogenated alkanes) is 17. The fourth-order valence-electron chi connectivity index (χ4n) is 9.89. The maximum atomic E-state index is 13.3. The summed E-state index contributed by atoms with van der Waals surface area (Å²) in [6, 6.07) is -0.946. The minimum atomic E-state index is -1.80. The van der Waals surface area contributed by atoms with Gasteiger partial charge in [0.2, 0.25) is 5.91 Å². The van der Waals surface area contributed by atoms with Gasteiger partial charge in [0.05, 0.1) is 32.0 Å². The van der Waals surface area contributed by atoms with Crippen LogP contribution in [0.2, 0.25) is 0 Å². The summed E-state index contributed by atoms with van der Waals surface area (Å²) in [7, 11) is 0. The van der Waals surface area contributed by atoms with Crippen LogP contribution in [-0.2, 0) is 23.7 Å². The highest BCUT2D eigenvalue weighted by atomic mass is 16.7. The molecule has 0 radical (unpaired) electrons. The predicted molar refractivity (Wildman–Crippen MR) is 354 cm³/mol. The van der Waals surface area contributed by atoms with Crippen molar-refractivity contribution in [3.8, 4) is 0 Å². The van der Waals surface area contributed by atoms with Crippen LogP contribution < -0.4 is 5.32 Å². The van der Waals surface area contributed by atoms with E-state index in [-0.39, 0.29) is 18.9 Å². The summed E-state index contributed by atoms with van der Waals surface area (Å²) >= 11 is 0. The molecule has 2 aliphatic rings. The van der Waals surface area contributed by atoms with Crippen LogP contribution in [0.25, 0.3) is 0 Å². The van der Waals surface area contributed by atoms with Crippen molar-refractivity contribution in [2.75, 3.05) is 19.8 Å². The van der Waals surface area contributed by atoms with Gasteiger partial charge >= 0.3 is 0 Å². The molecule has 0 aromatic heterocycles. The molecule has 0 spiro atoms. The van der Waals surface area contributed by atoms with Gasteiger partial charge in [0, 0.05) is 6.42 Å². The van der Waals surface area contributed by atoms with Gasteiger partial charge < -0.3 is 65.1 Å². The van der Waals surface area contributed by atoms with Gasteiger partial charge in [-0.3, -0.25) is 4.79 Å². The van der Waals surface area contributed by atoms with Gasteiger partial charge in [-0.2, -0.15) is 0 Å². The fraction of sp³-hybridized carbons (Fsp3) is 0.658. The number of ether oxygens (including phenoxy) is 4. The van der Waals surface area contributed by atoms with Crippen LogP contribution in [0, 0.1) is 0 Å². The van der Waals surface area contributed by atoms with E-state index in [9.17, 15) is 45.6 Å². The lowest BCUT2D eigenvalue weighted by atomic mass is 9.97. The van der Waals surface area contributed by atoms with Crippen molar-refractivity contribution in [1.82, 2.24) is 5.32 Å². The van der Waals surface area contributed by atoms with Crippen LogP contribution >= 0.6 is 0 Å². The Labute approximate surface area is 525 Å². The molecule has 0 aromatic carbocycles. The van der Waals surface area contributed by atoms with E-state index < -0.39 is 86.8 Å². The average Bonchev–Trinajstić information content (AvgIpc) is 2.31. The molecule has 0 bridgehead atoms. The standard InChI is InChI=1S/C73H119NO13/c1-3-5-7-9-11-13-15-17-18-19-20-21-22-23-24-25-26-27-28-29-30-31-32-33-34-35-36-37-38-39-40-41-42-43-44-45-47-49-51-53-55-57-65(78)74-61(62(77)56-54-52-50-48-46-16-14-12-10-8-6-4-2)60-84-72-70(83)68(81)71(64(59-76)86-72)87-73-69(82)67(80)66(79)63(58-75)85-73/h5,7,10-13,17-18,20-21,23-24,26-27,29-30,32-33,35-36,46,48,54,56,61-64,66-73,75-77,79-83H,3-4,6,8-9,14-16,19,22,25,28,31,34,37-45,47,49-53,55,57-60H2,1-2H3,(H,74,78)/b7-5-,12-10+,13-11-,18-17-,21-20-,24-23-,27-26-,30-29-,33-32-,36-35-,48-46+,56-54+. The highest BCUT2D eigenvalue weighted by molar-refractivity contribution is 5.76. The van der Waals surface area contributed by atoms with E-state index in [4.69, 9.17) is 18.9 Å². The Morgan fingerprint density at radius 3 is 1.26 bits per heavy atom. The third-order valence-electron chi connectivity index (χ3n) is 15.2. The molecule has 2 rings (SSSR count). The molecule has 12 atom stereocenters. The second kappa shape index (κ2) is 55.9. The molecule has 14 nitrogen and oxygen atoms in total. The van der Waals surface area contributed by atoms with E-state index in [0.717, 1.165) is 109 Å². The van der Waals surface area contributed by atoms with E-state index >= 15 is 0 Å². The van der Waals surface area contributed by atoms with Crippen molar-refractivity contribution in [1.29, 1.82) is 0 Å². The first-order chi connectivity index (χ1) is 42.6. The van der Waals surface area contributed by atoms with Gasteiger partial charge in [-0.05, 0) is 109 Å². The number of hydrogen-bond donors (Lipinski definition) is 9. The molecule has 0 aliphatic carbocycles. The third-order valence-corrected chi connectivity index (χ3v) is 15.2. The summed E-state index contributed by atoms with van der Waals surface area (Å²) in [6.45, 7) is 2.58. The highest BCUT2D eigenvalue weighted by Crippen LogP contribution is 2.30. The lowest BCUT2D eigenvalue weighted by molar-refractivity contribution is -0.359. The van der Waals surface area contributed by atoms with Gasteiger partial charge in [-0.1, -0.05) is 243 Å². The van der Waals surface area contributed by atoms with Gasteiger partial charge in [0.15, 0.2) is 12.6 Å². The van der Waals surface area contributed by atoms with Crippen molar-refractivity contribution in [3.63, 3.8) is 0 Å². The summed E-state index contributed by atoms with van der Waals surface area (Å²) < 4.78 is 22.7. The SMILES string of the molecule is CC/C=C\C/C=C\C/C=C\C/C=C\C/C=C\C/C=C\C/C=C\C/C=C\C/C=C\CCCCCCCCCCCCCCCC(=O)NC(COC1OC(CO)C(OC2OC(CO)C(O)C(O)C2O)C(O)C1O)C(O)/C=C/CC/C=C/CC/C=C/CCCC. The number of allylic oxidation sites excluding steroid dienone is 23. The van der Waals surface area contributed by atoms with Crippen LogP contribution in [0.3, 0.4) is 0 Å². The molecule has 87 heavy (non-hydrogen) atoms. The number of carbonyl (C=O) groups excluding carboxylic acids is 1. The zero-order chi connectivity index (χ0) is 63.1. The Morgan fingerprint density at radius 2 is 0.805 bits per heavy atom. The number of nitrogens with one attached hydrogen (secondary N) is 1. The lowest BCUT2D eigenvalue weighted by Crippen LogP contribution is -2.65. The van der Waals surface area contributed by atoms with E-state index in [1.165, 1.54) is 70.6 Å². The minimum Gasteiger partial charge on any atom is -0.394 e. The first-order valence-electron chi connectivity index (χ1n) is 33.6. The van der Waals surface area contributed by atoms with Crippen LogP contribution in [0.4, 0.5) is 0 Å². The van der Waals surface area contributed by atoms with Crippen LogP contribution in [0.1, 0.15) is 213 Å². The summed E-state index contributed by atoms with van der Waals surface area (Å²) in [5.41, 5.74) is 0. The summed E-state index contributed by atoms with van der Waals surface area (Å²) in [5.74, 6) is -0.262. The monoisotopic (exact) mass is 1220 g/mol. The molecule has 9 N–H and O–H groups in total. The maximum Gasteiger partial charge on any atom is 0.220 e. The summed E-state index contributed by atoms with van der Waals surface area (Å²) in [4.78, 5) is 13.3. The number of hydrogen-bond acceptors (Lipinski definition) is 13. The lowest BCUT2D eigenvalue weighted by Gasteiger charge is -2.46. The number of aliphatic hydroxyl groups excluding tert-OH is 8. The summed E-state index contributed by atoms with van der Waals surface area (Å²) in [6.07, 6.45) is 67.8. The largest absolute Gasteiger partial charge is 0.394 e. The van der Waals surface area contributed by atoms with E-state index in [1.54, 1.807) is 6.08 Å². The molecule has 2 aliphatic heterocycles. The molecule has 1 amide bonds. The smallest absolute Gasteiger partial charge is 0.220 e. The second-order valence-electron chi connectivity index (χ2n) is 22.8. The Kier molecular flexibility index (Phi) is 50.7. The summed E-state index contributed by atoms with van der Waals surface area (Å²) in [5, 5.41) is 87.0. The minimum absolute atomic E-state index is 0.260. The van der Waals surface area contributed by atoms with Crippen LogP contribution in [-0.4, -0.2) is 140 Å². The second-order valence-corrected chi connectivity index (χ2v) is 22.8. The maximum absolute atomic E-state index is 13.3. The van der Waals surface area contributed by atoms with Crippen molar-refractivity contribution < 1.29 is 64.6 Å². The molecule has 2 heterocycles. The Hall–Kier alpha value is -4.13. The first-order valence-corrected chi connectivity index (χ1v) is 33.6. The van der Waals surface area contributed by atoms with Gasteiger partial charge in [0.25, 0.3) is 0 Å². The zero-order valence-corrected chi connectivity index (χ0v) is 53.4. The van der Waals surface area contributed by atoms with E-state index in [1.807, 2.05) is 6.08 Å². The molecular weight excluding hydrogens is 1100 g/mol. The molecule has 14 heteroatoms. The van der Waals surface area contributed by atoms with Crippen molar-refractivity contribution in [3.05, 3.63) is 146 Å². The Bertz CT molecular complexity index is 2020. The highest BCUT2D eigenvalue weighted by Gasteiger charge is 2.51. The Morgan fingerprint density at radius 1 is 0.425 bits per heavy atom. The average molecular weight is 1220 g/mol. The third kappa shape index (κ3) is 40.3. The molecule has 0 aromatic rings. The van der Waals surface area contributed by atoms with Crippen molar-refractivity contribution in [2.24, 2.45) is 0 Å². The topological polar surface area (TPSA) is 228 Å². The Balaban J connectivity index is 1.59. The van der Waals surface area contributed by atoms with Crippen LogP contribution in [0.5, 0.6) is 0 Å². The molecular formula is C73H119NO13. The molecule has 2 saturated heterocycles. The molecule has 0 saturated carbocycles. The number of aliphatic hydroxyl groups is 8. The molecule has 12 unspecified atom stereocenters. The zero-order valence-electron chi connectivity index (χ0n) is 53.4. The predicted octanol–water partition coefficient (Wildman–Crippen LogP) is 13.3. The number of amides is 1. The molecule has 494 valence electrons. The van der Waals surface area contributed by atoms with Gasteiger partial charge in [0.1, 0.15) is 48.8 Å². The van der Waals surface area contributed by atoms with Gasteiger partial charge in [-0.25, -0.2) is 0 Å². The number of rotatable bonds is 52.